The number of ether oxygens (including phenoxy) is 2. The van der Waals surface area contributed by atoms with Crippen molar-refractivity contribution in [1.82, 2.24) is 0 Å². The van der Waals surface area contributed by atoms with Crippen molar-refractivity contribution >= 4 is 19.8 Å². The molecule has 0 rings (SSSR count). The molecule has 0 N–H and O–H groups in total. The topological polar surface area (TPSA) is 111 Å². The Hall–Kier alpha value is -2.03. The highest BCUT2D eigenvalue weighted by molar-refractivity contribution is 7.45. The zero-order chi connectivity index (χ0) is 64.1. The van der Waals surface area contributed by atoms with E-state index in [0.717, 1.165) is 57.8 Å². The van der Waals surface area contributed by atoms with E-state index in [0.29, 0.717) is 17.4 Å². The van der Waals surface area contributed by atoms with Gasteiger partial charge in [0.15, 0.2) is 6.10 Å². The molecule has 0 fully saturated rings. The van der Waals surface area contributed by atoms with E-state index in [4.69, 9.17) is 18.5 Å². The standard InChI is InChI=1S/C78H148NO8P/c1-6-8-10-12-14-16-18-20-22-24-26-28-30-32-33-34-35-36-37-38-39-40-41-42-43-44-45-47-48-50-52-54-56-58-60-62-64-66-68-70-77(80)84-74-76(75-86-88(82,83)85-73-72-79(3,4)5)87-78(81)71-69-67-65-63-61-59-57-55-53-51-49-46-31-29-27-25-23-21-19-17-15-13-11-9-7-2/h19,21,24-27,31,46,76H,6-18,20,22-23,28-30,32-45,47-75H2,1-5H3/b21-19-,26-24-,27-25-,46-31-. The third kappa shape index (κ3) is 73.0. The maximum Gasteiger partial charge on any atom is 0.306 e. The van der Waals surface area contributed by atoms with Crippen molar-refractivity contribution in [2.24, 2.45) is 0 Å². The molecule has 0 bridgehead atoms. The predicted octanol–water partition coefficient (Wildman–Crippen LogP) is 24.5. The first-order valence-corrected chi connectivity index (χ1v) is 39.8. The van der Waals surface area contributed by atoms with Crippen molar-refractivity contribution in [3.63, 3.8) is 0 Å². The van der Waals surface area contributed by atoms with E-state index in [1.807, 2.05) is 21.1 Å². The van der Waals surface area contributed by atoms with E-state index < -0.39 is 26.5 Å². The minimum atomic E-state index is -4.64. The average molecular weight is 1260 g/mol. The summed E-state index contributed by atoms with van der Waals surface area (Å²) in [6, 6.07) is 0. The minimum absolute atomic E-state index is 0.0305. The van der Waals surface area contributed by atoms with Crippen LogP contribution in [-0.4, -0.2) is 70.0 Å². The summed E-state index contributed by atoms with van der Waals surface area (Å²) in [5, 5.41) is 0. The molecule has 2 unspecified atom stereocenters. The summed E-state index contributed by atoms with van der Waals surface area (Å²) in [6.07, 6.45) is 90.9. The molecule has 88 heavy (non-hydrogen) atoms. The number of unbranched alkanes of at least 4 members (excludes halogenated alkanes) is 50. The van der Waals surface area contributed by atoms with Gasteiger partial charge in [-0.3, -0.25) is 14.2 Å². The predicted molar refractivity (Wildman–Crippen MR) is 379 cm³/mol. The van der Waals surface area contributed by atoms with Crippen molar-refractivity contribution in [3.8, 4) is 0 Å². The van der Waals surface area contributed by atoms with Crippen molar-refractivity contribution in [3.05, 3.63) is 48.6 Å². The lowest BCUT2D eigenvalue weighted by Gasteiger charge is -2.28. The lowest BCUT2D eigenvalue weighted by atomic mass is 10.0. The number of hydrogen-bond donors (Lipinski definition) is 0. The third-order valence-corrected chi connectivity index (χ3v) is 18.3. The summed E-state index contributed by atoms with van der Waals surface area (Å²) in [5.74, 6) is -0.819. The second-order valence-corrected chi connectivity index (χ2v) is 28.8. The third-order valence-electron chi connectivity index (χ3n) is 17.3. The van der Waals surface area contributed by atoms with Crippen molar-refractivity contribution in [2.75, 3.05) is 47.5 Å². The van der Waals surface area contributed by atoms with E-state index in [-0.39, 0.29) is 32.0 Å². The average Bonchev–Trinajstić information content (AvgIpc) is 3.57. The summed E-state index contributed by atoms with van der Waals surface area (Å²) in [7, 11) is 1.18. The van der Waals surface area contributed by atoms with Crippen LogP contribution in [0.15, 0.2) is 48.6 Å². The minimum Gasteiger partial charge on any atom is -0.756 e. The van der Waals surface area contributed by atoms with Crippen molar-refractivity contribution < 1.29 is 42.1 Å². The largest absolute Gasteiger partial charge is 0.756 e. The van der Waals surface area contributed by atoms with E-state index in [2.05, 4.69) is 62.5 Å². The molecule has 0 aromatic carbocycles. The highest BCUT2D eigenvalue weighted by Gasteiger charge is 2.22. The molecule has 518 valence electrons. The first kappa shape index (κ1) is 86.0. The molecule has 0 aliphatic heterocycles. The fourth-order valence-electron chi connectivity index (χ4n) is 11.4. The number of allylic oxidation sites excluding steroid dienone is 8. The van der Waals surface area contributed by atoms with Gasteiger partial charge in [0.05, 0.1) is 27.7 Å². The van der Waals surface area contributed by atoms with Crippen LogP contribution < -0.4 is 4.89 Å². The van der Waals surface area contributed by atoms with Crippen LogP contribution in [-0.2, 0) is 32.7 Å². The molecule has 0 spiro atoms. The van der Waals surface area contributed by atoms with Gasteiger partial charge in [-0.1, -0.05) is 345 Å². The number of carbonyl (C=O) groups is 2. The molecular weight excluding hydrogens is 1110 g/mol. The molecule has 0 aliphatic rings. The molecule has 2 atom stereocenters. The SMILES string of the molecule is CCCCCCC/C=C\C/C=C\C/C=C\CCCCCCCCCCCCC(=O)OC(COC(=O)CCCCCCCCCCCCCCCCCCCCCCCCCCCCC/C=C\CCCCCCCCCC)COP(=O)([O-])OCC[N+](C)(C)C. The van der Waals surface area contributed by atoms with Crippen LogP contribution >= 0.6 is 7.82 Å². The van der Waals surface area contributed by atoms with Crippen LogP contribution in [0.3, 0.4) is 0 Å². The number of phosphoric ester groups is 1. The Balaban J connectivity index is 3.91. The zero-order valence-corrected chi connectivity index (χ0v) is 60.1. The molecule has 9 nitrogen and oxygen atoms in total. The summed E-state index contributed by atoms with van der Waals surface area (Å²) < 4.78 is 34.4. The lowest BCUT2D eigenvalue weighted by molar-refractivity contribution is -0.870. The van der Waals surface area contributed by atoms with Crippen LogP contribution in [0.4, 0.5) is 0 Å². The number of esters is 2. The summed E-state index contributed by atoms with van der Waals surface area (Å²) in [6.45, 7) is 4.28. The zero-order valence-electron chi connectivity index (χ0n) is 59.2. The molecule has 0 aliphatic carbocycles. The summed E-state index contributed by atoms with van der Waals surface area (Å²) in [4.78, 5) is 38.1. The van der Waals surface area contributed by atoms with Gasteiger partial charge in [-0.2, -0.15) is 0 Å². The smallest absolute Gasteiger partial charge is 0.306 e. The highest BCUT2D eigenvalue weighted by atomic mass is 31.2. The fourth-order valence-corrected chi connectivity index (χ4v) is 12.2. The lowest BCUT2D eigenvalue weighted by Crippen LogP contribution is -2.37. The molecule has 0 aromatic rings. The Kier molecular flexibility index (Phi) is 67.7. The molecule has 0 saturated heterocycles. The molecule has 0 heterocycles. The van der Waals surface area contributed by atoms with Crippen LogP contribution in [0.2, 0.25) is 0 Å². The quantitative estimate of drug-likeness (QED) is 0.0195. The van der Waals surface area contributed by atoms with Gasteiger partial charge >= 0.3 is 11.9 Å². The second kappa shape index (κ2) is 69.3. The summed E-state index contributed by atoms with van der Waals surface area (Å²) in [5.41, 5.74) is 0. The van der Waals surface area contributed by atoms with Gasteiger partial charge in [0.1, 0.15) is 19.8 Å². The molecule has 0 aromatic heterocycles. The van der Waals surface area contributed by atoms with E-state index in [1.54, 1.807) is 0 Å². The van der Waals surface area contributed by atoms with Crippen LogP contribution in [0.25, 0.3) is 0 Å². The maximum atomic E-state index is 12.9. The molecule has 0 radical (unpaired) electrons. The monoisotopic (exact) mass is 1260 g/mol. The van der Waals surface area contributed by atoms with Gasteiger partial charge in [-0.05, 0) is 77.0 Å². The van der Waals surface area contributed by atoms with Gasteiger partial charge in [-0.25, -0.2) is 0 Å². The fraction of sp³-hybridized carbons (Fsp3) is 0.872. The molecule has 10 heteroatoms. The number of phosphoric acid groups is 1. The van der Waals surface area contributed by atoms with Gasteiger partial charge < -0.3 is 27.9 Å². The second-order valence-electron chi connectivity index (χ2n) is 27.4. The Morgan fingerprint density at radius 3 is 0.920 bits per heavy atom. The van der Waals surface area contributed by atoms with Gasteiger partial charge in [-0.15, -0.1) is 0 Å². The Labute approximate surface area is 547 Å². The number of quaternary nitrogens is 1. The molecule has 0 saturated carbocycles. The van der Waals surface area contributed by atoms with Crippen LogP contribution in [0.1, 0.15) is 386 Å². The van der Waals surface area contributed by atoms with Crippen molar-refractivity contribution in [1.29, 1.82) is 0 Å². The van der Waals surface area contributed by atoms with Crippen LogP contribution in [0, 0.1) is 0 Å². The number of likely N-dealkylation sites (N-methyl/N-ethyl adjacent to an activating group) is 1. The molecular formula is C78H148NO8P. The highest BCUT2D eigenvalue weighted by Crippen LogP contribution is 2.38. The Morgan fingerprint density at radius 1 is 0.352 bits per heavy atom. The maximum absolute atomic E-state index is 12.9. The van der Waals surface area contributed by atoms with Gasteiger partial charge in [0.25, 0.3) is 7.82 Å². The van der Waals surface area contributed by atoms with Gasteiger partial charge in [0, 0.05) is 12.8 Å². The summed E-state index contributed by atoms with van der Waals surface area (Å²) >= 11 is 0. The number of nitrogens with zero attached hydrogens (tertiary/aromatic N) is 1. The number of hydrogen-bond acceptors (Lipinski definition) is 8. The number of carbonyl (C=O) groups excluding carboxylic acids is 2. The van der Waals surface area contributed by atoms with E-state index in [1.165, 1.54) is 295 Å². The number of rotatable bonds is 72. The molecule has 0 amide bonds. The van der Waals surface area contributed by atoms with E-state index in [9.17, 15) is 19.0 Å². The Bertz CT molecular complexity index is 1620. The van der Waals surface area contributed by atoms with Crippen LogP contribution in [0.5, 0.6) is 0 Å². The van der Waals surface area contributed by atoms with Crippen molar-refractivity contribution in [2.45, 2.75) is 392 Å². The first-order valence-electron chi connectivity index (χ1n) is 38.3. The first-order chi connectivity index (χ1) is 43.0. The van der Waals surface area contributed by atoms with Gasteiger partial charge in [0.2, 0.25) is 0 Å². The normalized spacial score (nSPS) is 13.3. The Morgan fingerprint density at radius 2 is 0.614 bits per heavy atom. The van der Waals surface area contributed by atoms with E-state index >= 15 is 0 Å².